The Bertz CT molecular complexity index is 2120. The van der Waals surface area contributed by atoms with E-state index in [0.717, 1.165) is 11.3 Å². The van der Waals surface area contributed by atoms with E-state index >= 15 is 0 Å². The maximum Gasteiger partial charge on any atom is 0.00176 e. The van der Waals surface area contributed by atoms with E-state index in [1.165, 1.54) is 70.2 Å². The molecule has 1 unspecified atom stereocenters. The normalized spacial score (nSPS) is 12.3. The largest absolute Gasteiger partial charge is 0.162 e. The molecule has 0 aliphatic carbocycles. The molecule has 0 bridgehead atoms. The molecule has 7 rings (SSSR count). The van der Waals surface area contributed by atoms with Gasteiger partial charge in [-0.15, -0.1) is 0 Å². The van der Waals surface area contributed by atoms with Crippen LogP contribution in [0, 0.1) is 0 Å². The van der Waals surface area contributed by atoms with Crippen LogP contribution in [0.5, 0.6) is 0 Å². The molecule has 0 saturated heterocycles. The molecular formula is C39H30S. The van der Waals surface area contributed by atoms with E-state index in [1.807, 2.05) is 6.08 Å². The van der Waals surface area contributed by atoms with Crippen LogP contribution in [0.4, 0.5) is 0 Å². The lowest BCUT2D eigenvalue weighted by Crippen LogP contribution is -1.94. The molecule has 40 heavy (non-hydrogen) atoms. The van der Waals surface area contributed by atoms with E-state index in [9.17, 15) is 0 Å². The van der Waals surface area contributed by atoms with Crippen LogP contribution < -0.4 is 0 Å². The van der Waals surface area contributed by atoms with Crippen molar-refractivity contribution in [1.82, 2.24) is 0 Å². The number of benzene rings is 7. The predicted octanol–water partition coefficient (Wildman–Crippen LogP) is 11.4. The van der Waals surface area contributed by atoms with Crippen molar-refractivity contribution in [2.45, 2.75) is 11.8 Å². The average Bonchev–Trinajstić information content (AvgIpc) is 3.02. The topological polar surface area (TPSA) is 0 Å². The Morgan fingerprint density at radius 1 is 0.550 bits per heavy atom. The number of rotatable bonds is 5. The fourth-order valence-corrected chi connectivity index (χ4v) is 7.04. The number of fused-ring (bicyclic) bond motifs is 4. The van der Waals surface area contributed by atoms with Crippen LogP contribution in [-0.2, 0) is 0 Å². The van der Waals surface area contributed by atoms with Gasteiger partial charge in [0.05, 0.1) is 0 Å². The van der Waals surface area contributed by atoms with Gasteiger partial charge in [-0.25, -0.2) is 0 Å². The molecule has 0 aliphatic rings. The van der Waals surface area contributed by atoms with Gasteiger partial charge in [0, 0.05) is 4.90 Å². The molecule has 0 fully saturated rings. The summed E-state index contributed by atoms with van der Waals surface area (Å²) in [6.07, 6.45) is 1.95. The second-order valence-corrected chi connectivity index (χ2v) is 12.3. The van der Waals surface area contributed by atoms with Gasteiger partial charge in [0.25, 0.3) is 0 Å². The lowest BCUT2D eigenvalue weighted by atomic mass is 9.83. The molecule has 1 heteroatoms. The molecule has 1 atom stereocenters. The highest BCUT2D eigenvalue weighted by molar-refractivity contribution is 8.14. The first-order valence-electron chi connectivity index (χ1n) is 13.8. The molecule has 0 nitrogen and oxygen atoms in total. The maximum atomic E-state index is 4.51. The quantitative estimate of drug-likeness (QED) is 0.153. The van der Waals surface area contributed by atoms with E-state index < -0.39 is 0 Å². The average molecular weight is 531 g/mol. The third kappa shape index (κ3) is 3.89. The zero-order chi connectivity index (χ0) is 27.2. The molecule has 0 N–H and O–H groups in total. The molecular weight excluding hydrogens is 500 g/mol. The van der Waals surface area contributed by atoms with Crippen molar-refractivity contribution in [2.24, 2.45) is 0 Å². The minimum absolute atomic E-state index is 0.0636. The van der Waals surface area contributed by atoms with Crippen molar-refractivity contribution in [1.29, 1.82) is 0 Å². The van der Waals surface area contributed by atoms with E-state index in [4.69, 9.17) is 0 Å². The summed E-state index contributed by atoms with van der Waals surface area (Å²) in [5.74, 6) is 5.54. The molecule has 0 aliphatic heterocycles. The fourth-order valence-electron chi connectivity index (χ4n) is 6.17. The van der Waals surface area contributed by atoms with Crippen LogP contribution >= 0.6 is 10.5 Å². The monoisotopic (exact) mass is 530 g/mol. The van der Waals surface area contributed by atoms with Crippen LogP contribution in [-0.4, -0.2) is 11.6 Å². The molecule has 192 valence electrons. The second-order valence-electron chi connectivity index (χ2n) is 10.3. The Morgan fingerprint density at radius 2 is 1.07 bits per heavy atom. The van der Waals surface area contributed by atoms with E-state index in [0.29, 0.717) is 0 Å². The summed E-state index contributed by atoms with van der Waals surface area (Å²) in [5, 5.41) is 10.1. The maximum absolute atomic E-state index is 4.51. The molecule has 0 saturated carbocycles. The zero-order valence-corrected chi connectivity index (χ0v) is 23.5. The Morgan fingerprint density at radius 3 is 1.65 bits per heavy atom. The minimum Gasteiger partial charge on any atom is -0.162 e. The first-order chi connectivity index (χ1) is 19.7. The summed E-state index contributed by atoms with van der Waals surface area (Å²) >= 11 is 0. The predicted molar refractivity (Wildman–Crippen MR) is 181 cm³/mol. The SMILES string of the molecule is C=Cc1ccc2c(-c3cccc4ccccc34)c3cc(S(=C)CC)ccc3c(-c3cccc4ccccc34)c2c1. The van der Waals surface area contributed by atoms with Crippen molar-refractivity contribution in [3.05, 3.63) is 133 Å². The van der Waals surface area contributed by atoms with E-state index in [2.05, 4.69) is 141 Å². The van der Waals surface area contributed by atoms with Crippen LogP contribution in [0.15, 0.2) is 133 Å². The molecule has 0 aromatic heterocycles. The van der Waals surface area contributed by atoms with Gasteiger partial charge in [-0.3, -0.25) is 0 Å². The van der Waals surface area contributed by atoms with Gasteiger partial charge in [0.2, 0.25) is 0 Å². The molecule has 0 radical (unpaired) electrons. The van der Waals surface area contributed by atoms with Crippen LogP contribution in [0.3, 0.4) is 0 Å². The van der Waals surface area contributed by atoms with Crippen molar-refractivity contribution < 1.29 is 0 Å². The lowest BCUT2D eigenvalue weighted by Gasteiger charge is -2.21. The fraction of sp³-hybridized carbons (Fsp3) is 0.0513. The molecule has 0 spiro atoms. The van der Waals surface area contributed by atoms with Gasteiger partial charge in [-0.2, -0.15) is 10.5 Å². The first kappa shape index (κ1) is 24.6. The first-order valence-corrected chi connectivity index (χ1v) is 15.4. The summed E-state index contributed by atoms with van der Waals surface area (Å²) in [7, 11) is -0.0636. The Kier molecular flexibility index (Phi) is 6.10. The Labute approximate surface area is 238 Å². The Balaban J connectivity index is 1.74. The highest BCUT2D eigenvalue weighted by Gasteiger charge is 2.20. The molecule has 0 heterocycles. The smallest absolute Gasteiger partial charge is 0.00176 e. The molecule has 0 amide bonds. The third-order valence-electron chi connectivity index (χ3n) is 8.15. The summed E-state index contributed by atoms with van der Waals surface area (Å²) < 4.78 is 0. The molecule has 7 aromatic carbocycles. The van der Waals surface area contributed by atoms with Crippen LogP contribution in [0.25, 0.3) is 71.4 Å². The van der Waals surface area contributed by atoms with E-state index in [-0.39, 0.29) is 10.5 Å². The van der Waals surface area contributed by atoms with Gasteiger partial charge in [-0.05, 0) is 94.9 Å². The van der Waals surface area contributed by atoms with Gasteiger partial charge in [-0.1, -0.05) is 129 Å². The highest BCUT2D eigenvalue weighted by atomic mass is 32.2. The van der Waals surface area contributed by atoms with Crippen molar-refractivity contribution in [3.63, 3.8) is 0 Å². The van der Waals surface area contributed by atoms with Crippen LogP contribution in [0.1, 0.15) is 12.5 Å². The van der Waals surface area contributed by atoms with Gasteiger partial charge >= 0.3 is 0 Å². The third-order valence-corrected chi connectivity index (χ3v) is 9.76. The zero-order valence-electron chi connectivity index (χ0n) is 22.7. The van der Waals surface area contributed by atoms with Crippen molar-refractivity contribution in [2.75, 3.05) is 5.75 Å². The second kappa shape index (κ2) is 9.93. The van der Waals surface area contributed by atoms with Gasteiger partial charge < -0.3 is 0 Å². The number of hydrogen-bond donors (Lipinski definition) is 0. The molecule has 7 aromatic rings. The number of hydrogen-bond acceptors (Lipinski definition) is 0. The van der Waals surface area contributed by atoms with Gasteiger partial charge in [0.15, 0.2) is 0 Å². The van der Waals surface area contributed by atoms with Crippen LogP contribution in [0.2, 0.25) is 0 Å². The van der Waals surface area contributed by atoms with Gasteiger partial charge in [0.1, 0.15) is 0 Å². The summed E-state index contributed by atoms with van der Waals surface area (Å²) in [6.45, 7) is 6.34. The summed E-state index contributed by atoms with van der Waals surface area (Å²) in [4.78, 5) is 1.31. The standard InChI is InChI=1S/C39H30S/c1-4-26-20-22-34-36(24-26)38(32-18-10-14-27-12-6-8-16-30(27)32)35-23-21-29(40(3)5-2)25-37(35)39(34)33-19-11-15-28-13-7-9-17-31(28)33/h4,6-25H,1,3,5H2,2H3. The highest BCUT2D eigenvalue weighted by Crippen LogP contribution is 2.48. The van der Waals surface area contributed by atoms with Crippen molar-refractivity contribution >= 4 is 65.5 Å². The minimum atomic E-state index is -0.0636. The van der Waals surface area contributed by atoms with Crippen molar-refractivity contribution in [3.8, 4) is 22.3 Å². The van der Waals surface area contributed by atoms with E-state index in [1.54, 1.807) is 0 Å². The Hall–Kier alpha value is -4.46. The summed E-state index contributed by atoms with van der Waals surface area (Å²) in [5.41, 5.74) is 6.22. The lowest BCUT2D eigenvalue weighted by molar-refractivity contribution is 1.45. The summed E-state index contributed by atoms with van der Waals surface area (Å²) in [6, 6.07) is 44.7.